The minimum Gasteiger partial charge on any atom is -0.383 e. The van der Waals surface area contributed by atoms with E-state index in [2.05, 4.69) is 51.2 Å². The highest BCUT2D eigenvalue weighted by molar-refractivity contribution is 5.48. The van der Waals surface area contributed by atoms with E-state index in [-0.39, 0.29) is 6.04 Å². The normalized spacial score (nSPS) is 12.9. The lowest BCUT2D eigenvalue weighted by molar-refractivity contribution is 0.511. The third-order valence-electron chi connectivity index (χ3n) is 2.91. The van der Waals surface area contributed by atoms with Crippen LogP contribution in [0.4, 0.5) is 5.69 Å². The highest BCUT2D eigenvalue weighted by Crippen LogP contribution is 2.14. The minimum atomic E-state index is 0.214. The molecule has 0 aliphatic carbocycles. The van der Waals surface area contributed by atoms with Crippen LogP contribution >= 0.6 is 0 Å². The van der Waals surface area contributed by atoms with Crippen molar-refractivity contribution in [3.05, 3.63) is 29.3 Å². The maximum absolute atomic E-state index is 5.97. The van der Waals surface area contributed by atoms with Crippen molar-refractivity contribution in [3.63, 3.8) is 0 Å². The van der Waals surface area contributed by atoms with Crippen LogP contribution in [-0.2, 0) is 0 Å². The van der Waals surface area contributed by atoms with E-state index >= 15 is 0 Å². The molecule has 0 heterocycles. The number of aryl methyl sites for hydroxylation is 2. The van der Waals surface area contributed by atoms with Crippen molar-refractivity contribution in [2.45, 2.75) is 33.7 Å². The second-order valence-electron chi connectivity index (χ2n) is 4.59. The molecule has 0 radical (unpaired) electrons. The summed E-state index contributed by atoms with van der Waals surface area (Å²) >= 11 is 0. The molecule has 15 heavy (non-hydrogen) atoms. The molecule has 0 aromatic heterocycles. The number of rotatable bonds is 4. The molecule has 2 heteroatoms. The van der Waals surface area contributed by atoms with Crippen LogP contribution in [-0.4, -0.2) is 12.6 Å². The SMILES string of the molecule is Cc1ccc(NCC(N)C(C)C)cc1C. The maximum atomic E-state index is 5.97. The third kappa shape index (κ3) is 3.56. The van der Waals surface area contributed by atoms with E-state index < -0.39 is 0 Å². The Kier molecular flexibility index (Phi) is 4.15. The maximum Gasteiger partial charge on any atom is 0.0343 e. The van der Waals surface area contributed by atoms with Crippen LogP contribution < -0.4 is 11.1 Å². The monoisotopic (exact) mass is 206 g/mol. The quantitative estimate of drug-likeness (QED) is 0.795. The van der Waals surface area contributed by atoms with Gasteiger partial charge < -0.3 is 11.1 Å². The van der Waals surface area contributed by atoms with Gasteiger partial charge in [-0.25, -0.2) is 0 Å². The second kappa shape index (κ2) is 5.17. The minimum absolute atomic E-state index is 0.214. The van der Waals surface area contributed by atoms with E-state index in [1.54, 1.807) is 0 Å². The number of nitrogens with one attached hydrogen (secondary N) is 1. The number of hydrogen-bond donors (Lipinski definition) is 2. The first-order chi connectivity index (χ1) is 7.00. The van der Waals surface area contributed by atoms with Crippen LogP contribution in [0.25, 0.3) is 0 Å². The third-order valence-corrected chi connectivity index (χ3v) is 2.91. The molecule has 1 aromatic rings. The van der Waals surface area contributed by atoms with Gasteiger partial charge in [0.2, 0.25) is 0 Å². The highest BCUT2D eigenvalue weighted by Gasteiger charge is 2.06. The molecule has 0 saturated heterocycles. The van der Waals surface area contributed by atoms with Gasteiger partial charge in [-0.05, 0) is 43.0 Å². The molecule has 0 aliphatic heterocycles. The Bertz CT molecular complexity index is 318. The fourth-order valence-corrected chi connectivity index (χ4v) is 1.32. The first kappa shape index (κ1) is 12.1. The molecule has 0 spiro atoms. The predicted octanol–water partition coefficient (Wildman–Crippen LogP) is 2.70. The Labute approximate surface area is 92.9 Å². The topological polar surface area (TPSA) is 38.0 Å². The summed E-state index contributed by atoms with van der Waals surface area (Å²) in [4.78, 5) is 0. The van der Waals surface area contributed by atoms with E-state index in [9.17, 15) is 0 Å². The van der Waals surface area contributed by atoms with E-state index in [4.69, 9.17) is 5.73 Å². The van der Waals surface area contributed by atoms with E-state index in [0.29, 0.717) is 5.92 Å². The lowest BCUT2D eigenvalue weighted by atomic mass is 10.1. The fourth-order valence-electron chi connectivity index (χ4n) is 1.32. The molecule has 0 amide bonds. The molecule has 2 nitrogen and oxygen atoms in total. The predicted molar refractivity (Wildman–Crippen MR) is 67.2 cm³/mol. The summed E-state index contributed by atoms with van der Waals surface area (Å²) in [5.74, 6) is 0.518. The van der Waals surface area contributed by atoms with Crippen molar-refractivity contribution in [3.8, 4) is 0 Å². The average Bonchev–Trinajstić information content (AvgIpc) is 2.19. The molecule has 1 aromatic carbocycles. The first-order valence-corrected chi connectivity index (χ1v) is 5.57. The Morgan fingerprint density at radius 3 is 2.40 bits per heavy atom. The zero-order valence-corrected chi connectivity index (χ0v) is 10.2. The Morgan fingerprint density at radius 1 is 1.20 bits per heavy atom. The van der Waals surface area contributed by atoms with Crippen LogP contribution in [0.3, 0.4) is 0 Å². The van der Waals surface area contributed by atoms with Crippen molar-refractivity contribution in [1.29, 1.82) is 0 Å². The Balaban J connectivity index is 2.55. The molecule has 1 unspecified atom stereocenters. The zero-order chi connectivity index (χ0) is 11.4. The molecular formula is C13H22N2. The number of hydrogen-bond acceptors (Lipinski definition) is 2. The smallest absolute Gasteiger partial charge is 0.0343 e. The molecule has 0 bridgehead atoms. The van der Waals surface area contributed by atoms with Crippen LogP contribution in [0.1, 0.15) is 25.0 Å². The number of nitrogens with two attached hydrogens (primary N) is 1. The van der Waals surface area contributed by atoms with Crippen LogP contribution in [0, 0.1) is 19.8 Å². The standard InChI is InChI=1S/C13H22N2/c1-9(2)13(14)8-15-12-6-5-10(3)11(4)7-12/h5-7,9,13,15H,8,14H2,1-4H3. The summed E-state index contributed by atoms with van der Waals surface area (Å²) in [5.41, 5.74) is 9.78. The first-order valence-electron chi connectivity index (χ1n) is 5.57. The molecule has 3 N–H and O–H groups in total. The summed E-state index contributed by atoms with van der Waals surface area (Å²) in [5, 5.41) is 3.37. The van der Waals surface area contributed by atoms with Crippen LogP contribution in [0.15, 0.2) is 18.2 Å². The lowest BCUT2D eigenvalue weighted by Crippen LogP contribution is -2.33. The van der Waals surface area contributed by atoms with Gasteiger partial charge in [0.15, 0.2) is 0 Å². The number of anilines is 1. The summed E-state index contributed by atoms with van der Waals surface area (Å²) in [6, 6.07) is 6.63. The van der Waals surface area contributed by atoms with Gasteiger partial charge >= 0.3 is 0 Å². The Morgan fingerprint density at radius 2 is 1.87 bits per heavy atom. The molecule has 0 saturated carbocycles. The summed E-state index contributed by atoms with van der Waals surface area (Å²) < 4.78 is 0. The van der Waals surface area contributed by atoms with Crippen molar-refractivity contribution < 1.29 is 0 Å². The van der Waals surface area contributed by atoms with E-state index in [1.165, 1.54) is 11.1 Å². The van der Waals surface area contributed by atoms with E-state index in [0.717, 1.165) is 12.2 Å². The van der Waals surface area contributed by atoms with Crippen LogP contribution in [0.5, 0.6) is 0 Å². The van der Waals surface area contributed by atoms with Crippen molar-refractivity contribution in [2.24, 2.45) is 11.7 Å². The molecule has 1 atom stereocenters. The number of benzene rings is 1. The second-order valence-corrected chi connectivity index (χ2v) is 4.59. The Hall–Kier alpha value is -1.02. The molecule has 84 valence electrons. The summed E-state index contributed by atoms with van der Waals surface area (Å²) in [6.07, 6.45) is 0. The van der Waals surface area contributed by atoms with Gasteiger partial charge in [-0.2, -0.15) is 0 Å². The van der Waals surface area contributed by atoms with Gasteiger partial charge in [-0.1, -0.05) is 19.9 Å². The van der Waals surface area contributed by atoms with Crippen LogP contribution in [0.2, 0.25) is 0 Å². The highest BCUT2D eigenvalue weighted by atomic mass is 14.9. The van der Waals surface area contributed by atoms with Crippen molar-refractivity contribution >= 4 is 5.69 Å². The van der Waals surface area contributed by atoms with Gasteiger partial charge in [0.25, 0.3) is 0 Å². The van der Waals surface area contributed by atoms with Gasteiger partial charge in [-0.15, -0.1) is 0 Å². The average molecular weight is 206 g/mol. The molecular weight excluding hydrogens is 184 g/mol. The largest absolute Gasteiger partial charge is 0.383 e. The summed E-state index contributed by atoms with van der Waals surface area (Å²) in [7, 11) is 0. The van der Waals surface area contributed by atoms with E-state index in [1.807, 2.05) is 0 Å². The van der Waals surface area contributed by atoms with Gasteiger partial charge in [-0.3, -0.25) is 0 Å². The molecule has 0 aliphatic rings. The van der Waals surface area contributed by atoms with Crippen molar-refractivity contribution in [2.75, 3.05) is 11.9 Å². The van der Waals surface area contributed by atoms with Gasteiger partial charge in [0.05, 0.1) is 0 Å². The molecule has 1 rings (SSSR count). The molecule has 0 fully saturated rings. The summed E-state index contributed by atoms with van der Waals surface area (Å²) in [6.45, 7) is 9.38. The fraction of sp³-hybridized carbons (Fsp3) is 0.538. The zero-order valence-electron chi connectivity index (χ0n) is 10.2. The van der Waals surface area contributed by atoms with Crippen molar-refractivity contribution in [1.82, 2.24) is 0 Å². The lowest BCUT2D eigenvalue weighted by Gasteiger charge is -2.17. The van der Waals surface area contributed by atoms with Gasteiger partial charge in [0, 0.05) is 18.3 Å². The van der Waals surface area contributed by atoms with Gasteiger partial charge in [0.1, 0.15) is 0 Å².